The molecule has 0 saturated heterocycles. The Hall–Kier alpha value is -1.39. The second-order valence-corrected chi connectivity index (χ2v) is 4.75. The maximum atomic E-state index is 11.9. The van der Waals surface area contributed by atoms with Crippen LogP contribution >= 0.6 is 0 Å². The summed E-state index contributed by atoms with van der Waals surface area (Å²) in [5.74, 6) is 0.0536. The van der Waals surface area contributed by atoms with E-state index in [1.165, 1.54) is 12.8 Å². The number of nitrogens with two attached hydrogens (primary N) is 1. The molecule has 98 valence electrons. The average molecular weight is 247 g/mol. The lowest BCUT2D eigenvalue weighted by atomic mass is 10.2. The third-order valence-electron chi connectivity index (χ3n) is 3.26. The molecule has 3 N–H and O–H groups in total. The van der Waals surface area contributed by atoms with E-state index in [0.29, 0.717) is 19.1 Å². The number of nitrogens with one attached hydrogen (secondary N) is 1. The summed E-state index contributed by atoms with van der Waals surface area (Å²) in [5.41, 5.74) is 7.44. The van der Waals surface area contributed by atoms with Crippen molar-refractivity contribution in [1.82, 2.24) is 4.90 Å². The highest BCUT2D eigenvalue weighted by atomic mass is 16.2. The first-order valence-electron chi connectivity index (χ1n) is 6.56. The fraction of sp³-hybridized carbons (Fsp3) is 0.500. The van der Waals surface area contributed by atoms with Crippen LogP contribution in [0.15, 0.2) is 24.3 Å². The fourth-order valence-electron chi connectivity index (χ4n) is 2.10. The smallest absolute Gasteiger partial charge is 0.238 e. The van der Waals surface area contributed by atoms with Crippen molar-refractivity contribution in [3.63, 3.8) is 0 Å². The number of nitrogens with zero attached hydrogens (tertiary/aromatic N) is 1. The van der Waals surface area contributed by atoms with E-state index in [0.717, 1.165) is 17.8 Å². The number of likely N-dealkylation sites (N-methyl/N-ethyl adjacent to an activating group) is 1. The van der Waals surface area contributed by atoms with Gasteiger partial charge in [-0.25, -0.2) is 0 Å². The zero-order valence-electron chi connectivity index (χ0n) is 10.9. The van der Waals surface area contributed by atoms with Crippen LogP contribution < -0.4 is 11.1 Å². The lowest BCUT2D eigenvalue weighted by molar-refractivity contribution is -0.117. The van der Waals surface area contributed by atoms with Gasteiger partial charge in [0.05, 0.1) is 6.54 Å². The van der Waals surface area contributed by atoms with Gasteiger partial charge >= 0.3 is 0 Å². The summed E-state index contributed by atoms with van der Waals surface area (Å²) >= 11 is 0. The number of anilines is 1. The molecule has 1 aliphatic rings. The number of benzene rings is 1. The first kappa shape index (κ1) is 13.1. The molecule has 18 heavy (non-hydrogen) atoms. The lowest BCUT2D eigenvalue weighted by Crippen LogP contribution is -2.34. The summed E-state index contributed by atoms with van der Waals surface area (Å²) in [5, 5.41) is 2.93. The van der Waals surface area contributed by atoms with Crippen molar-refractivity contribution in [3.8, 4) is 0 Å². The summed E-state index contributed by atoms with van der Waals surface area (Å²) in [6.45, 7) is 4.00. The molecule has 4 nitrogen and oxygen atoms in total. The third kappa shape index (κ3) is 3.55. The van der Waals surface area contributed by atoms with Crippen LogP contribution in [0.5, 0.6) is 0 Å². The van der Waals surface area contributed by atoms with E-state index in [1.54, 1.807) is 0 Å². The van der Waals surface area contributed by atoms with Gasteiger partial charge in [0.1, 0.15) is 0 Å². The van der Waals surface area contributed by atoms with Crippen LogP contribution in [-0.4, -0.2) is 29.9 Å². The van der Waals surface area contributed by atoms with Crippen LogP contribution in [0.4, 0.5) is 5.69 Å². The predicted octanol–water partition coefficient (Wildman–Crippen LogP) is 1.57. The summed E-state index contributed by atoms with van der Waals surface area (Å²) in [6.07, 6.45) is 2.45. The van der Waals surface area contributed by atoms with Crippen LogP contribution in [-0.2, 0) is 11.3 Å². The van der Waals surface area contributed by atoms with Gasteiger partial charge in [0.2, 0.25) is 5.91 Å². The molecule has 0 bridgehead atoms. The minimum absolute atomic E-state index is 0.0536. The minimum Gasteiger partial charge on any atom is -0.326 e. The van der Waals surface area contributed by atoms with Crippen molar-refractivity contribution in [2.45, 2.75) is 32.4 Å². The van der Waals surface area contributed by atoms with Crippen molar-refractivity contribution in [1.29, 1.82) is 0 Å². The van der Waals surface area contributed by atoms with Crippen molar-refractivity contribution >= 4 is 11.6 Å². The molecule has 0 radical (unpaired) electrons. The first-order valence-corrected chi connectivity index (χ1v) is 6.56. The first-order chi connectivity index (χ1) is 8.72. The van der Waals surface area contributed by atoms with Gasteiger partial charge in [-0.3, -0.25) is 9.69 Å². The lowest BCUT2D eigenvalue weighted by Gasteiger charge is -2.19. The van der Waals surface area contributed by atoms with Gasteiger partial charge in [0, 0.05) is 18.3 Å². The van der Waals surface area contributed by atoms with Gasteiger partial charge in [-0.1, -0.05) is 19.1 Å². The summed E-state index contributed by atoms with van der Waals surface area (Å²) in [6, 6.07) is 8.31. The maximum Gasteiger partial charge on any atom is 0.238 e. The largest absolute Gasteiger partial charge is 0.326 e. The van der Waals surface area contributed by atoms with Crippen LogP contribution in [0.25, 0.3) is 0 Å². The van der Waals surface area contributed by atoms with Gasteiger partial charge in [0.15, 0.2) is 0 Å². The van der Waals surface area contributed by atoms with Gasteiger partial charge in [-0.15, -0.1) is 0 Å². The highest BCUT2D eigenvalue weighted by molar-refractivity contribution is 5.92. The fourth-order valence-corrected chi connectivity index (χ4v) is 2.10. The molecule has 0 aliphatic heterocycles. The Morgan fingerprint density at radius 3 is 2.89 bits per heavy atom. The second kappa shape index (κ2) is 5.98. The van der Waals surface area contributed by atoms with E-state index in [9.17, 15) is 4.79 Å². The molecule has 0 unspecified atom stereocenters. The van der Waals surface area contributed by atoms with Crippen LogP contribution in [0.1, 0.15) is 25.3 Å². The summed E-state index contributed by atoms with van der Waals surface area (Å²) in [7, 11) is 0. The summed E-state index contributed by atoms with van der Waals surface area (Å²) < 4.78 is 0. The third-order valence-corrected chi connectivity index (χ3v) is 3.26. The highest BCUT2D eigenvalue weighted by Crippen LogP contribution is 2.26. The second-order valence-electron chi connectivity index (χ2n) is 4.75. The standard InChI is InChI=1S/C14H21N3O/c1-2-17(13-6-7-13)10-14(18)16-12-5-3-4-11(8-12)9-15/h3-5,8,13H,2,6-7,9-10,15H2,1H3,(H,16,18). The number of amides is 1. The molecule has 0 heterocycles. The molecule has 1 aliphatic carbocycles. The molecule has 0 spiro atoms. The number of hydrogen-bond donors (Lipinski definition) is 2. The monoisotopic (exact) mass is 247 g/mol. The average Bonchev–Trinajstić information content (AvgIpc) is 3.20. The van der Waals surface area contributed by atoms with Gasteiger partial charge in [0.25, 0.3) is 0 Å². The minimum atomic E-state index is 0.0536. The van der Waals surface area contributed by atoms with Crippen LogP contribution in [0.3, 0.4) is 0 Å². The van der Waals surface area contributed by atoms with E-state index < -0.39 is 0 Å². The zero-order chi connectivity index (χ0) is 13.0. The van der Waals surface area contributed by atoms with Crippen molar-refractivity contribution in [2.24, 2.45) is 5.73 Å². The van der Waals surface area contributed by atoms with E-state index in [4.69, 9.17) is 5.73 Å². The quantitative estimate of drug-likeness (QED) is 0.802. The molecule has 1 aromatic carbocycles. The number of carbonyl (C=O) groups excluding carboxylic acids is 1. The molecule has 0 atom stereocenters. The molecular weight excluding hydrogens is 226 g/mol. The van der Waals surface area contributed by atoms with E-state index in [2.05, 4.69) is 17.1 Å². The van der Waals surface area contributed by atoms with Crippen molar-refractivity contribution in [3.05, 3.63) is 29.8 Å². The van der Waals surface area contributed by atoms with Crippen LogP contribution in [0, 0.1) is 0 Å². The normalized spacial score (nSPS) is 14.8. The Labute approximate surface area is 108 Å². The highest BCUT2D eigenvalue weighted by Gasteiger charge is 2.28. The topological polar surface area (TPSA) is 58.4 Å². The van der Waals surface area contributed by atoms with Crippen LogP contribution in [0.2, 0.25) is 0 Å². The Bertz CT molecular complexity index is 415. The van der Waals surface area contributed by atoms with E-state index in [-0.39, 0.29) is 5.91 Å². The Morgan fingerprint density at radius 2 is 2.28 bits per heavy atom. The number of carbonyl (C=O) groups is 1. The van der Waals surface area contributed by atoms with Gasteiger partial charge in [-0.2, -0.15) is 0 Å². The SMILES string of the molecule is CCN(CC(=O)Nc1cccc(CN)c1)C1CC1. The molecule has 2 rings (SSSR count). The zero-order valence-corrected chi connectivity index (χ0v) is 10.9. The molecule has 1 aromatic rings. The van der Waals surface area contributed by atoms with E-state index in [1.807, 2.05) is 24.3 Å². The molecule has 4 heteroatoms. The van der Waals surface area contributed by atoms with Gasteiger partial charge < -0.3 is 11.1 Å². The van der Waals surface area contributed by atoms with E-state index >= 15 is 0 Å². The molecule has 1 saturated carbocycles. The number of rotatable bonds is 6. The molecular formula is C14H21N3O. The summed E-state index contributed by atoms with van der Waals surface area (Å²) in [4.78, 5) is 14.2. The Morgan fingerprint density at radius 1 is 1.50 bits per heavy atom. The maximum absolute atomic E-state index is 11.9. The number of hydrogen-bond acceptors (Lipinski definition) is 3. The molecule has 0 aromatic heterocycles. The Kier molecular flexibility index (Phi) is 4.33. The van der Waals surface area contributed by atoms with Gasteiger partial charge in [-0.05, 0) is 37.1 Å². The predicted molar refractivity (Wildman–Crippen MR) is 73.2 cm³/mol. The van der Waals surface area contributed by atoms with Crippen molar-refractivity contribution in [2.75, 3.05) is 18.4 Å². The molecule has 1 fully saturated rings. The molecule has 1 amide bonds. The Balaban J connectivity index is 1.89. The van der Waals surface area contributed by atoms with Crippen molar-refractivity contribution < 1.29 is 4.79 Å².